The Morgan fingerprint density at radius 1 is 1.02 bits per heavy atom. The summed E-state index contributed by atoms with van der Waals surface area (Å²) in [5.74, 6) is 0.544. The molecule has 1 aliphatic heterocycles. The summed E-state index contributed by atoms with van der Waals surface area (Å²) in [6, 6.07) is 23.1. The Labute approximate surface area is 255 Å². The molecule has 43 heavy (non-hydrogen) atoms. The summed E-state index contributed by atoms with van der Waals surface area (Å²) in [5, 5.41) is 8.27. The first-order chi connectivity index (χ1) is 20.7. The Kier molecular flexibility index (Phi) is 9.78. The van der Waals surface area contributed by atoms with Crippen LogP contribution < -0.4 is 5.32 Å². The number of aromatic nitrogens is 3. The second-order valence-electron chi connectivity index (χ2n) is 12.3. The lowest BCUT2D eigenvalue weighted by molar-refractivity contribution is -0.153. The van der Waals surface area contributed by atoms with Crippen molar-refractivity contribution in [2.75, 3.05) is 31.5 Å². The summed E-state index contributed by atoms with van der Waals surface area (Å²) in [7, 11) is 0. The SMILES string of the molecule is Cc1cc2nc(C(C)(C)C(=O)OC(C)C)cn2nc1NCCCN1CCC(OC(c2ccccc2)c2ccccc2)CC1. The fraction of sp³-hybridized carbons (Fsp3) is 0.457. The van der Waals surface area contributed by atoms with Gasteiger partial charge < -0.3 is 19.7 Å². The molecule has 2 aromatic carbocycles. The normalized spacial score (nSPS) is 15.0. The largest absolute Gasteiger partial charge is 0.462 e. The van der Waals surface area contributed by atoms with Crippen LogP contribution in [0.4, 0.5) is 5.82 Å². The van der Waals surface area contributed by atoms with Crippen molar-refractivity contribution < 1.29 is 14.3 Å². The number of imidazole rings is 1. The van der Waals surface area contributed by atoms with Crippen LogP contribution in [0.2, 0.25) is 0 Å². The lowest BCUT2D eigenvalue weighted by Gasteiger charge is -2.34. The zero-order valence-electron chi connectivity index (χ0n) is 26.1. The van der Waals surface area contributed by atoms with Crippen LogP contribution in [0.3, 0.4) is 0 Å². The van der Waals surface area contributed by atoms with E-state index in [1.807, 2.05) is 46.9 Å². The van der Waals surface area contributed by atoms with E-state index < -0.39 is 5.41 Å². The number of aryl methyl sites for hydroxylation is 1. The molecule has 1 N–H and O–H groups in total. The predicted molar refractivity (Wildman–Crippen MR) is 170 cm³/mol. The predicted octanol–water partition coefficient (Wildman–Crippen LogP) is 6.34. The van der Waals surface area contributed by atoms with Gasteiger partial charge in [0.2, 0.25) is 0 Å². The highest BCUT2D eigenvalue weighted by Gasteiger charge is 2.35. The fourth-order valence-corrected chi connectivity index (χ4v) is 5.53. The van der Waals surface area contributed by atoms with Crippen molar-refractivity contribution in [2.45, 2.75) is 77.6 Å². The third kappa shape index (κ3) is 7.61. The van der Waals surface area contributed by atoms with E-state index in [4.69, 9.17) is 14.6 Å². The molecule has 0 atom stereocenters. The molecule has 1 aliphatic rings. The average molecular weight is 584 g/mol. The van der Waals surface area contributed by atoms with Gasteiger partial charge in [-0.1, -0.05) is 60.7 Å². The highest BCUT2D eigenvalue weighted by atomic mass is 16.5. The van der Waals surface area contributed by atoms with Crippen molar-refractivity contribution in [3.63, 3.8) is 0 Å². The van der Waals surface area contributed by atoms with E-state index in [0.29, 0.717) is 5.69 Å². The van der Waals surface area contributed by atoms with E-state index in [1.165, 1.54) is 11.1 Å². The minimum Gasteiger partial charge on any atom is -0.462 e. The van der Waals surface area contributed by atoms with Gasteiger partial charge in [0.1, 0.15) is 17.3 Å². The Hall–Kier alpha value is -3.75. The van der Waals surface area contributed by atoms with Crippen LogP contribution in [-0.2, 0) is 19.7 Å². The molecule has 8 heteroatoms. The van der Waals surface area contributed by atoms with E-state index in [1.54, 1.807) is 4.52 Å². The number of hydrogen-bond donors (Lipinski definition) is 1. The molecule has 1 fully saturated rings. The van der Waals surface area contributed by atoms with Gasteiger partial charge in [0, 0.05) is 19.6 Å². The molecule has 0 amide bonds. The number of nitrogens with zero attached hydrogens (tertiary/aromatic N) is 4. The highest BCUT2D eigenvalue weighted by Crippen LogP contribution is 2.30. The molecule has 2 aromatic heterocycles. The summed E-state index contributed by atoms with van der Waals surface area (Å²) < 4.78 is 13.9. The van der Waals surface area contributed by atoms with Crippen molar-refractivity contribution >= 4 is 17.4 Å². The lowest BCUT2D eigenvalue weighted by atomic mass is 9.90. The van der Waals surface area contributed by atoms with Gasteiger partial charge in [-0.25, -0.2) is 9.50 Å². The Balaban J connectivity index is 1.11. The number of likely N-dealkylation sites (tertiary alicyclic amines) is 1. The van der Waals surface area contributed by atoms with E-state index in [9.17, 15) is 4.79 Å². The molecule has 3 heterocycles. The standard InChI is InChI=1S/C35H45N5O3/c1-25(2)42-34(41)35(4,5)30-24-40-31(37-30)23-26(3)33(38-40)36-19-12-20-39-21-17-29(18-22-39)43-32(27-13-8-6-9-14-27)28-15-10-7-11-16-28/h6-11,13-16,23-25,29,32H,12,17-22H2,1-5H3,(H,36,38). The smallest absolute Gasteiger partial charge is 0.317 e. The van der Waals surface area contributed by atoms with Crippen LogP contribution in [0.15, 0.2) is 72.9 Å². The van der Waals surface area contributed by atoms with Crippen molar-refractivity contribution in [1.82, 2.24) is 19.5 Å². The molecule has 0 radical (unpaired) electrons. The van der Waals surface area contributed by atoms with Gasteiger partial charge in [-0.05, 0) is 83.2 Å². The van der Waals surface area contributed by atoms with E-state index in [2.05, 4.69) is 75.9 Å². The molecule has 0 spiro atoms. The van der Waals surface area contributed by atoms with E-state index in [-0.39, 0.29) is 24.3 Å². The number of hydrogen-bond acceptors (Lipinski definition) is 7. The summed E-state index contributed by atoms with van der Waals surface area (Å²) in [6.45, 7) is 13.4. The van der Waals surface area contributed by atoms with Crippen molar-refractivity contribution in [2.24, 2.45) is 0 Å². The molecule has 5 rings (SSSR count). The Bertz CT molecular complexity index is 1440. The molecule has 228 valence electrons. The first-order valence-corrected chi connectivity index (χ1v) is 15.5. The molecule has 0 saturated carbocycles. The van der Waals surface area contributed by atoms with Gasteiger partial charge in [-0.15, -0.1) is 5.10 Å². The number of fused-ring (bicyclic) bond motifs is 1. The zero-order chi connectivity index (χ0) is 30.4. The molecule has 0 bridgehead atoms. The Morgan fingerprint density at radius 2 is 1.65 bits per heavy atom. The molecule has 0 aliphatic carbocycles. The van der Waals surface area contributed by atoms with Crippen molar-refractivity contribution in [3.05, 3.63) is 95.3 Å². The minimum absolute atomic E-state index is 0.0391. The van der Waals surface area contributed by atoms with Gasteiger partial charge in [0.25, 0.3) is 0 Å². The first kappa shape index (κ1) is 30.7. The van der Waals surface area contributed by atoms with Gasteiger partial charge in [-0.2, -0.15) is 0 Å². The number of carbonyl (C=O) groups excluding carboxylic acids is 1. The highest BCUT2D eigenvalue weighted by molar-refractivity contribution is 5.82. The maximum absolute atomic E-state index is 12.7. The zero-order valence-corrected chi connectivity index (χ0v) is 26.1. The molecule has 1 saturated heterocycles. The van der Waals surface area contributed by atoms with Crippen LogP contribution in [-0.4, -0.2) is 63.9 Å². The summed E-state index contributed by atoms with van der Waals surface area (Å²) in [6.07, 6.45) is 4.94. The molecule has 4 aromatic rings. The maximum atomic E-state index is 12.7. The number of rotatable bonds is 12. The number of ether oxygens (including phenoxy) is 2. The fourth-order valence-electron chi connectivity index (χ4n) is 5.53. The van der Waals surface area contributed by atoms with E-state index in [0.717, 1.165) is 62.5 Å². The van der Waals surface area contributed by atoms with Crippen LogP contribution in [0.25, 0.3) is 5.65 Å². The first-order valence-electron chi connectivity index (χ1n) is 15.5. The van der Waals surface area contributed by atoms with E-state index >= 15 is 0 Å². The number of esters is 1. The second-order valence-corrected chi connectivity index (χ2v) is 12.3. The quantitative estimate of drug-likeness (QED) is 0.154. The summed E-state index contributed by atoms with van der Waals surface area (Å²) >= 11 is 0. The summed E-state index contributed by atoms with van der Waals surface area (Å²) in [5.41, 5.74) is 3.93. The van der Waals surface area contributed by atoms with Gasteiger partial charge in [-0.3, -0.25) is 4.79 Å². The van der Waals surface area contributed by atoms with Gasteiger partial charge in [0.15, 0.2) is 5.65 Å². The lowest BCUT2D eigenvalue weighted by Crippen LogP contribution is -2.38. The number of anilines is 1. The third-order valence-electron chi connectivity index (χ3n) is 8.15. The number of carbonyl (C=O) groups is 1. The maximum Gasteiger partial charge on any atom is 0.317 e. The average Bonchev–Trinajstić information content (AvgIpc) is 3.43. The van der Waals surface area contributed by atoms with Gasteiger partial charge in [0.05, 0.1) is 24.1 Å². The minimum atomic E-state index is -0.859. The third-order valence-corrected chi connectivity index (χ3v) is 8.15. The number of benzene rings is 2. The molecule has 0 unspecified atom stereocenters. The monoisotopic (exact) mass is 583 g/mol. The van der Waals surface area contributed by atoms with Crippen LogP contribution in [0.5, 0.6) is 0 Å². The van der Waals surface area contributed by atoms with Crippen LogP contribution >= 0.6 is 0 Å². The van der Waals surface area contributed by atoms with Crippen molar-refractivity contribution in [3.8, 4) is 0 Å². The van der Waals surface area contributed by atoms with Crippen LogP contribution in [0, 0.1) is 6.92 Å². The molecular formula is C35H45N5O3. The topological polar surface area (TPSA) is 81.0 Å². The van der Waals surface area contributed by atoms with Crippen molar-refractivity contribution in [1.29, 1.82) is 0 Å². The number of piperidine rings is 1. The molecular weight excluding hydrogens is 538 g/mol. The van der Waals surface area contributed by atoms with Gasteiger partial charge >= 0.3 is 5.97 Å². The number of nitrogens with one attached hydrogen (secondary N) is 1. The summed E-state index contributed by atoms with van der Waals surface area (Å²) in [4.78, 5) is 19.9. The molecule has 8 nitrogen and oxygen atoms in total. The second kappa shape index (κ2) is 13.7. The Morgan fingerprint density at radius 3 is 2.26 bits per heavy atom. The van der Waals surface area contributed by atoms with Crippen LogP contribution in [0.1, 0.15) is 75.4 Å².